The van der Waals surface area contributed by atoms with Gasteiger partial charge in [-0.15, -0.1) is 37.2 Å². The third kappa shape index (κ3) is 18.0. The van der Waals surface area contributed by atoms with E-state index in [4.69, 9.17) is 16.2 Å². The Hall–Kier alpha value is -4.81. The van der Waals surface area contributed by atoms with Gasteiger partial charge in [-0.2, -0.15) is 0 Å². The lowest BCUT2D eigenvalue weighted by Gasteiger charge is -2.45. The zero-order chi connectivity index (χ0) is 50.5. The molecule has 400 valence electrons. The van der Waals surface area contributed by atoms with Gasteiger partial charge in [0.2, 0.25) is 39.6 Å². The topological polar surface area (TPSA) is 306 Å². The monoisotopic (exact) mass is 1080 g/mol. The van der Waals surface area contributed by atoms with Crippen molar-refractivity contribution in [1.29, 1.82) is 0 Å². The fourth-order valence-corrected chi connectivity index (χ4v) is 9.50. The number of benzene rings is 2. The number of hydrazine groups is 1. The molecule has 0 radical (unpaired) electrons. The average molecular weight is 1080 g/mol. The van der Waals surface area contributed by atoms with Crippen molar-refractivity contribution in [3.8, 4) is 5.75 Å². The third-order valence-electron chi connectivity index (χ3n) is 12.2. The quantitative estimate of drug-likeness (QED) is 0.0636. The van der Waals surface area contributed by atoms with Gasteiger partial charge in [-0.05, 0) is 108 Å². The Bertz CT molecular complexity index is 2240. The van der Waals surface area contributed by atoms with Crippen LogP contribution in [0.3, 0.4) is 0 Å². The molecule has 2 aliphatic rings. The van der Waals surface area contributed by atoms with Crippen LogP contribution in [-0.2, 0) is 38.8 Å². The molecule has 0 aromatic heterocycles. The summed E-state index contributed by atoms with van der Waals surface area (Å²) < 4.78 is 36.0. The number of hydrogen-bond donors (Lipinski definition) is 9. The van der Waals surface area contributed by atoms with E-state index in [9.17, 15) is 42.0 Å². The number of sulfonamides is 1. The Balaban J connectivity index is 0.00000840. The lowest BCUT2D eigenvalue weighted by atomic mass is 9.95. The molecule has 4 rings (SSSR count). The number of aryl methyl sites for hydroxylation is 1. The van der Waals surface area contributed by atoms with Gasteiger partial charge in [0.25, 0.3) is 11.8 Å². The molecule has 0 unspecified atom stereocenters. The fraction of sp³-hybridized carbons (Fsp3) is 0.587. The van der Waals surface area contributed by atoms with Gasteiger partial charge in [-0.3, -0.25) is 49.3 Å². The maximum atomic E-state index is 14.4. The Morgan fingerprint density at radius 3 is 2.07 bits per heavy atom. The average Bonchev–Trinajstić information content (AvgIpc) is 3.79. The summed E-state index contributed by atoms with van der Waals surface area (Å²) in [7, 11) is -2.72. The number of rotatable bonds is 21. The van der Waals surface area contributed by atoms with Crippen LogP contribution in [0, 0.1) is 18.8 Å². The largest absolute Gasteiger partial charge is 0.496 e. The molecule has 2 aromatic carbocycles. The number of methoxy groups -OCH3 is 1. The number of carbonyl (C=O) groups excluding carboxylic acids is 7. The molecule has 21 nitrogen and oxygen atoms in total. The van der Waals surface area contributed by atoms with Crippen molar-refractivity contribution >= 4 is 94.3 Å². The van der Waals surface area contributed by atoms with Crippen LogP contribution in [-0.4, -0.2) is 135 Å². The van der Waals surface area contributed by atoms with Crippen LogP contribution < -0.4 is 53.0 Å². The molecule has 7 amide bonds. The number of nitrogens with one attached hydrogen (secondary N) is 7. The fourth-order valence-electron chi connectivity index (χ4n) is 8.19. The summed E-state index contributed by atoms with van der Waals surface area (Å²) in [5.41, 5.74) is 17.7. The van der Waals surface area contributed by atoms with Crippen LogP contribution in [0.1, 0.15) is 96.0 Å². The van der Waals surface area contributed by atoms with Gasteiger partial charge in [-0.1, -0.05) is 45.4 Å². The normalized spacial score (nSPS) is 18.5. The molecular weight excluding hydrogens is 1000 g/mol. The maximum absolute atomic E-state index is 14.4. The minimum Gasteiger partial charge on any atom is -0.496 e. The second kappa shape index (κ2) is 29.6. The zero-order valence-electron chi connectivity index (χ0n) is 41.6. The lowest BCUT2D eigenvalue weighted by molar-refractivity contribution is -0.141. The number of nitrogens with two attached hydrogens (primary N) is 2. The number of halogens is 3. The molecule has 0 bridgehead atoms. The number of carbonyl (C=O) groups is 7. The summed E-state index contributed by atoms with van der Waals surface area (Å²) >= 11 is 0. The molecular formula is C46H74Cl3N11O10S. The molecule has 7 atom stereocenters. The Labute approximate surface area is 435 Å². The SMILES string of the molecule is COc1ccc(NC(C)=O)cc1C(=O)NNC(=O)[C@H](CCCCN)NC(=O)[C@@H]1CCCN1[C@@H]1CN(C(=O)[C@@H](NC(=O)[C@H](C)NC(=O)[C@@H](N)C(C)C)C(C)C)CC[C@H]1NS(=O)(=O)c1ccc(C)cc1.Cl.Cl.Cl. The first-order valence-electron chi connectivity index (χ1n) is 23.1. The molecule has 25 heteroatoms. The van der Waals surface area contributed by atoms with Crippen molar-refractivity contribution in [3.05, 3.63) is 53.6 Å². The summed E-state index contributed by atoms with van der Waals surface area (Å²) in [6.07, 6.45) is 2.21. The molecule has 2 saturated heterocycles. The van der Waals surface area contributed by atoms with Gasteiger partial charge < -0.3 is 42.4 Å². The second-order valence-corrected chi connectivity index (χ2v) is 19.9. The van der Waals surface area contributed by atoms with Crippen LogP contribution in [0.15, 0.2) is 47.4 Å². The van der Waals surface area contributed by atoms with Crippen molar-refractivity contribution in [3.63, 3.8) is 0 Å². The number of unbranched alkanes of at least 4 members (excludes halogenated alkanes) is 1. The number of anilines is 1. The molecule has 2 aliphatic heterocycles. The van der Waals surface area contributed by atoms with Crippen LogP contribution in [0.2, 0.25) is 0 Å². The molecule has 2 heterocycles. The molecule has 2 aromatic rings. The molecule has 0 spiro atoms. The van der Waals surface area contributed by atoms with Crippen molar-refractivity contribution < 1.29 is 46.7 Å². The smallest absolute Gasteiger partial charge is 0.273 e. The third-order valence-corrected chi connectivity index (χ3v) is 13.7. The predicted octanol–water partition coefficient (Wildman–Crippen LogP) is 1.64. The Morgan fingerprint density at radius 2 is 1.48 bits per heavy atom. The minimum atomic E-state index is -4.09. The number of likely N-dealkylation sites (tertiary alicyclic amines) is 2. The van der Waals surface area contributed by atoms with E-state index in [1.165, 1.54) is 45.2 Å². The highest BCUT2D eigenvalue weighted by Gasteiger charge is 2.45. The highest BCUT2D eigenvalue weighted by Crippen LogP contribution is 2.29. The van der Waals surface area contributed by atoms with Gasteiger partial charge in [0.1, 0.15) is 23.9 Å². The van der Waals surface area contributed by atoms with Crippen LogP contribution in [0.4, 0.5) is 5.69 Å². The van der Waals surface area contributed by atoms with Crippen molar-refractivity contribution in [1.82, 2.24) is 41.3 Å². The van der Waals surface area contributed by atoms with E-state index in [-0.39, 0.29) is 91.2 Å². The number of hydrogen-bond acceptors (Lipinski definition) is 13. The van der Waals surface area contributed by atoms with E-state index >= 15 is 0 Å². The first-order valence-corrected chi connectivity index (χ1v) is 24.6. The Kier molecular flexibility index (Phi) is 26.8. The van der Waals surface area contributed by atoms with Crippen LogP contribution >= 0.6 is 37.2 Å². The summed E-state index contributed by atoms with van der Waals surface area (Å²) in [6, 6.07) is 4.45. The van der Waals surface area contributed by atoms with Crippen molar-refractivity contribution in [2.24, 2.45) is 23.3 Å². The molecule has 0 aliphatic carbocycles. The number of piperidine rings is 1. The number of amides is 7. The standard InChI is InChI=1S/C46H71N11O10S.3ClH/c1-26(2)39(48)45(63)49-29(6)41(59)52-40(27(3)4)46(64)56-23-20-34(55-68(65,66)32-17-14-28(5)15-18-32)37(25-56)57-22-11-13-36(57)44(62)51-35(12-9-10-21-47)43(61)54-53-42(60)33-24-31(50-30(7)58)16-19-38(33)67-8;;;/h14-19,24,26-27,29,34-37,39-40,55H,9-13,20-23,25,47-48H2,1-8H3,(H,49,63)(H,50,58)(H,51,62)(H,52,59)(H,53,60)(H,54,61);3*1H/t29-,34+,35-,36-,37+,39-,40-;;;/m0.../s1. The molecule has 71 heavy (non-hydrogen) atoms. The minimum absolute atomic E-state index is 0. The van der Waals surface area contributed by atoms with Crippen LogP contribution in [0.25, 0.3) is 0 Å². The van der Waals surface area contributed by atoms with E-state index in [0.717, 1.165) is 5.56 Å². The summed E-state index contributed by atoms with van der Waals surface area (Å²) in [5.74, 6) is -4.25. The van der Waals surface area contributed by atoms with E-state index in [1.807, 2.05) is 11.8 Å². The summed E-state index contributed by atoms with van der Waals surface area (Å²) in [5, 5.41) is 10.9. The van der Waals surface area contributed by atoms with Gasteiger partial charge >= 0.3 is 0 Å². The van der Waals surface area contributed by atoms with Gasteiger partial charge in [0.05, 0.1) is 29.7 Å². The molecule has 11 N–H and O–H groups in total. The van der Waals surface area contributed by atoms with Gasteiger partial charge in [0, 0.05) is 37.8 Å². The second-order valence-electron chi connectivity index (χ2n) is 18.2. The predicted molar refractivity (Wildman–Crippen MR) is 277 cm³/mol. The van der Waals surface area contributed by atoms with Crippen molar-refractivity contribution in [2.45, 2.75) is 134 Å². The first-order chi connectivity index (χ1) is 32.1. The molecule has 0 saturated carbocycles. The van der Waals surface area contributed by atoms with E-state index in [2.05, 4.69) is 36.8 Å². The van der Waals surface area contributed by atoms with E-state index in [1.54, 1.807) is 50.8 Å². The number of ether oxygens (including phenoxy) is 1. The van der Waals surface area contributed by atoms with Crippen LogP contribution in [0.5, 0.6) is 5.75 Å². The highest BCUT2D eigenvalue weighted by molar-refractivity contribution is 7.89. The number of nitrogens with zero attached hydrogens (tertiary/aromatic N) is 2. The van der Waals surface area contributed by atoms with Crippen molar-refractivity contribution in [2.75, 3.05) is 38.6 Å². The highest BCUT2D eigenvalue weighted by atomic mass is 35.5. The first kappa shape index (κ1) is 64.2. The summed E-state index contributed by atoms with van der Waals surface area (Å²) in [4.78, 5) is 97.1. The Morgan fingerprint density at radius 1 is 0.817 bits per heavy atom. The van der Waals surface area contributed by atoms with E-state index < -0.39 is 93.7 Å². The zero-order valence-corrected chi connectivity index (χ0v) is 44.8. The summed E-state index contributed by atoms with van der Waals surface area (Å²) in [6.45, 7) is 12.6. The van der Waals surface area contributed by atoms with Gasteiger partial charge in [-0.25, -0.2) is 13.1 Å². The molecule has 2 fully saturated rings. The maximum Gasteiger partial charge on any atom is 0.273 e. The van der Waals surface area contributed by atoms with E-state index in [0.29, 0.717) is 44.5 Å². The van der Waals surface area contributed by atoms with Gasteiger partial charge in [0.15, 0.2) is 0 Å². The lowest BCUT2D eigenvalue weighted by Crippen LogP contribution is -2.66.